The van der Waals surface area contributed by atoms with Gasteiger partial charge < -0.3 is 10.2 Å². The number of aldehydes is 1. The molecule has 0 amide bonds. The Kier molecular flexibility index (Phi) is 7.58. The van der Waals surface area contributed by atoms with Crippen molar-refractivity contribution in [2.24, 2.45) is 0 Å². The first kappa shape index (κ1) is 25.9. The molecular formula is C31H33FN4O. The van der Waals surface area contributed by atoms with E-state index in [1.54, 1.807) is 16.7 Å². The Bertz CT molecular complexity index is 1440. The molecule has 2 heterocycles. The van der Waals surface area contributed by atoms with Gasteiger partial charge in [-0.25, -0.2) is 8.91 Å². The van der Waals surface area contributed by atoms with E-state index in [0.29, 0.717) is 29.6 Å². The number of allylic oxidation sites excluding steroid dienone is 7. The summed E-state index contributed by atoms with van der Waals surface area (Å²) in [5, 5.41) is 8.17. The fraction of sp³-hybridized carbons (Fsp3) is 0.226. The number of rotatable bonds is 8. The summed E-state index contributed by atoms with van der Waals surface area (Å²) in [4.78, 5) is 14.1. The van der Waals surface area contributed by atoms with Crippen LogP contribution in [0.25, 0.3) is 11.1 Å². The molecule has 1 aliphatic rings. The molecule has 5 nitrogen and oxygen atoms in total. The van der Waals surface area contributed by atoms with Crippen LogP contribution in [0.3, 0.4) is 0 Å². The number of carbonyl (C=O) groups excluding carboxylic acids is 1. The number of aromatic nitrogens is 2. The van der Waals surface area contributed by atoms with Crippen molar-refractivity contribution in [3.63, 3.8) is 0 Å². The van der Waals surface area contributed by atoms with E-state index in [9.17, 15) is 9.18 Å². The van der Waals surface area contributed by atoms with Gasteiger partial charge in [0.15, 0.2) is 6.29 Å². The van der Waals surface area contributed by atoms with Crippen molar-refractivity contribution in [2.75, 3.05) is 11.9 Å². The number of hydrogen-bond donors (Lipinski definition) is 1. The molecule has 1 aromatic carbocycles. The second-order valence-corrected chi connectivity index (χ2v) is 9.77. The summed E-state index contributed by atoms with van der Waals surface area (Å²) in [7, 11) is 1.96. The normalized spacial score (nSPS) is 16.7. The van der Waals surface area contributed by atoms with E-state index in [1.807, 2.05) is 67.7 Å². The molecule has 0 spiro atoms. The first-order valence-electron chi connectivity index (χ1n) is 12.4. The largest absolute Gasteiger partial charge is 0.376 e. The topological polar surface area (TPSA) is 49.6 Å². The van der Waals surface area contributed by atoms with Crippen molar-refractivity contribution in [3.8, 4) is 0 Å². The van der Waals surface area contributed by atoms with Crippen LogP contribution < -0.4 is 10.2 Å². The Labute approximate surface area is 218 Å². The Morgan fingerprint density at radius 1 is 1.16 bits per heavy atom. The fourth-order valence-electron chi connectivity index (χ4n) is 4.39. The quantitative estimate of drug-likeness (QED) is 0.267. The Hall–Kier alpha value is -4.19. The molecule has 2 aromatic heterocycles. The number of pyridine rings is 1. The summed E-state index contributed by atoms with van der Waals surface area (Å²) < 4.78 is 15.5. The van der Waals surface area contributed by atoms with Crippen LogP contribution >= 0.6 is 0 Å². The molecule has 0 unspecified atom stereocenters. The highest BCUT2D eigenvalue weighted by Crippen LogP contribution is 2.28. The van der Waals surface area contributed by atoms with Gasteiger partial charge in [-0.3, -0.25) is 4.79 Å². The number of nitrogens with one attached hydrogen (secondary N) is 1. The van der Waals surface area contributed by atoms with Gasteiger partial charge in [0.2, 0.25) is 0 Å². The van der Waals surface area contributed by atoms with E-state index in [1.165, 1.54) is 11.6 Å². The van der Waals surface area contributed by atoms with Gasteiger partial charge in [-0.05, 0) is 74.6 Å². The first-order valence-corrected chi connectivity index (χ1v) is 12.4. The molecule has 0 radical (unpaired) electrons. The lowest BCUT2D eigenvalue weighted by atomic mass is 9.93. The van der Waals surface area contributed by atoms with Crippen molar-refractivity contribution in [1.29, 1.82) is 0 Å². The van der Waals surface area contributed by atoms with E-state index >= 15 is 0 Å². The van der Waals surface area contributed by atoms with Crippen molar-refractivity contribution >= 4 is 23.1 Å². The van der Waals surface area contributed by atoms with Crippen LogP contribution in [0, 0.1) is 0 Å². The Balaban J connectivity index is 1.59. The van der Waals surface area contributed by atoms with E-state index < -0.39 is 0 Å². The molecule has 6 heteroatoms. The van der Waals surface area contributed by atoms with Gasteiger partial charge in [0.05, 0.1) is 16.6 Å². The van der Waals surface area contributed by atoms with Crippen molar-refractivity contribution in [2.45, 2.75) is 39.2 Å². The number of anilines is 1. The molecule has 1 aliphatic carbocycles. The van der Waals surface area contributed by atoms with Crippen LogP contribution in [-0.2, 0) is 5.54 Å². The number of carbonyl (C=O) groups is 1. The molecule has 0 aliphatic heterocycles. The lowest BCUT2D eigenvalue weighted by Crippen LogP contribution is -2.36. The van der Waals surface area contributed by atoms with Crippen LogP contribution in [0.5, 0.6) is 0 Å². The predicted octanol–water partition coefficient (Wildman–Crippen LogP) is 7.11. The molecule has 0 fully saturated rings. The SMILES string of the molecule is C=C(NC(C)(C)c1ccccc1)/C(C)=C/N(C)c1ccn2nc(C3=C/CCC=C(F)/C=C\3)c(C=O)c2c1. The number of hydrogen-bond acceptors (Lipinski definition) is 4. The van der Waals surface area contributed by atoms with E-state index in [4.69, 9.17) is 0 Å². The van der Waals surface area contributed by atoms with Gasteiger partial charge in [-0.1, -0.05) is 49.1 Å². The molecule has 0 saturated heterocycles. The summed E-state index contributed by atoms with van der Waals surface area (Å²) in [5.74, 6) is -0.281. The third kappa shape index (κ3) is 5.80. The molecule has 3 aromatic rings. The predicted molar refractivity (Wildman–Crippen MR) is 150 cm³/mol. The zero-order valence-electron chi connectivity index (χ0n) is 21.8. The molecule has 1 N–H and O–H groups in total. The van der Waals surface area contributed by atoms with E-state index in [0.717, 1.165) is 28.8 Å². The van der Waals surface area contributed by atoms with Crippen LogP contribution in [-0.4, -0.2) is 22.9 Å². The smallest absolute Gasteiger partial charge is 0.154 e. The number of fused-ring (bicyclic) bond motifs is 1. The molecule has 4 rings (SSSR count). The second-order valence-electron chi connectivity index (χ2n) is 9.77. The number of nitrogens with zero attached hydrogens (tertiary/aromatic N) is 3. The highest BCUT2D eigenvalue weighted by molar-refractivity contribution is 5.95. The summed E-state index contributed by atoms with van der Waals surface area (Å²) in [6, 6.07) is 14.1. The van der Waals surface area contributed by atoms with Gasteiger partial charge in [0.1, 0.15) is 11.5 Å². The number of halogens is 1. The maximum atomic E-state index is 13.8. The van der Waals surface area contributed by atoms with E-state index in [-0.39, 0.29) is 11.4 Å². The molecule has 0 bridgehead atoms. The average molecular weight is 497 g/mol. The molecule has 0 atom stereocenters. The standard InChI is InChI=1S/C31H33FN4O/c1-22(23(2)33-31(3,4)25-12-7-6-8-13-25)20-35(5)27-17-18-36-29(19-27)28(21-37)30(34-36)24-11-9-10-14-26(32)16-15-24/h6-8,11-21,33H,2,9-10H2,1,3-5H3/b16-15-,22-20+,24-11+,26-14?. The summed E-state index contributed by atoms with van der Waals surface area (Å²) in [5.41, 5.74) is 6.05. The third-order valence-corrected chi connectivity index (χ3v) is 6.57. The van der Waals surface area contributed by atoms with Crippen molar-refractivity contribution in [1.82, 2.24) is 14.9 Å². The van der Waals surface area contributed by atoms with Gasteiger partial charge in [0.25, 0.3) is 0 Å². The van der Waals surface area contributed by atoms with Gasteiger partial charge >= 0.3 is 0 Å². The zero-order chi connectivity index (χ0) is 26.6. The fourth-order valence-corrected chi connectivity index (χ4v) is 4.39. The third-order valence-electron chi connectivity index (χ3n) is 6.57. The summed E-state index contributed by atoms with van der Waals surface area (Å²) in [6.07, 6.45) is 12.6. The summed E-state index contributed by atoms with van der Waals surface area (Å²) in [6.45, 7) is 10.5. The highest BCUT2D eigenvalue weighted by atomic mass is 19.1. The average Bonchev–Trinajstić information content (AvgIpc) is 3.24. The van der Waals surface area contributed by atoms with Crippen LogP contribution in [0.2, 0.25) is 0 Å². The Morgan fingerprint density at radius 2 is 1.89 bits per heavy atom. The minimum absolute atomic E-state index is 0.281. The highest BCUT2D eigenvalue weighted by Gasteiger charge is 2.21. The Morgan fingerprint density at radius 3 is 2.62 bits per heavy atom. The number of benzene rings is 1. The van der Waals surface area contributed by atoms with Crippen molar-refractivity contribution in [3.05, 3.63) is 120 Å². The van der Waals surface area contributed by atoms with E-state index in [2.05, 4.69) is 43.0 Å². The maximum absolute atomic E-state index is 13.8. The molecule has 190 valence electrons. The van der Waals surface area contributed by atoms with Crippen LogP contribution in [0.4, 0.5) is 10.1 Å². The van der Waals surface area contributed by atoms with Gasteiger partial charge in [-0.2, -0.15) is 5.10 Å². The lowest BCUT2D eigenvalue weighted by molar-refractivity contribution is 0.112. The molecule has 0 saturated carbocycles. The monoisotopic (exact) mass is 496 g/mol. The van der Waals surface area contributed by atoms with Crippen LogP contribution in [0.1, 0.15) is 55.2 Å². The molecular weight excluding hydrogens is 463 g/mol. The van der Waals surface area contributed by atoms with Gasteiger partial charge in [-0.15, -0.1) is 0 Å². The first-order chi connectivity index (χ1) is 17.7. The zero-order valence-corrected chi connectivity index (χ0v) is 21.8. The van der Waals surface area contributed by atoms with Crippen molar-refractivity contribution < 1.29 is 9.18 Å². The maximum Gasteiger partial charge on any atom is 0.154 e. The van der Waals surface area contributed by atoms with Gasteiger partial charge in [0, 0.05) is 30.8 Å². The minimum Gasteiger partial charge on any atom is -0.376 e. The lowest BCUT2D eigenvalue weighted by Gasteiger charge is -2.30. The summed E-state index contributed by atoms with van der Waals surface area (Å²) >= 11 is 0. The second kappa shape index (κ2) is 10.8. The molecule has 37 heavy (non-hydrogen) atoms. The van der Waals surface area contributed by atoms with Crippen LogP contribution in [0.15, 0.2) is 103 Å². The minimum atomic E-state index is -0.281.